The van der Waals surface area contributed by atoms with E-state index in [1.807, 2.05) is 61.5 Å². The quantitative estimate of drug-likeness (QED) is 0.261. The number of ketones is 1. The zero-order valence-corrected chi connectivity index (χ0v) is 19.8. The molecule has 1 heterocycles. The van der Waals surface area contributed by atoms with Crippen LogP contribution in [-0.4, -0.2) is 34.8 Å². The number of carbonyl (C=O) groups is 2. The van der Waals surface area contributed by atoms with Gasteiger partial charge in [-0.3, -0.25) is 9.59 Å². The summed E-state index contributed by atoms with van der Waals surface area (Å²) in [4.78, 5) is 27.8. The van der Waals surface area contributed by atoms with Gasteiger partial charge >= 0.3 is 0 Å². The van der Waals surface area contributed by atoms with Crippen molar-refractivity contribution in [2.45, 2.75) is 19.4 Å². The van der Waals surface area contributed by atoms with Gasteiger partial charge in [0, 0.05) is 16.6 Å². The molecule has 3 aromatic carbocycles. The van der Waals surface area contributed by atoms with E-state index in [0.717, 1.165) is 15.6 Å². The summed E-state index contributed by atoms with van der Waals surface area (Å²) in [5, 5.41) is 11.2. The average molecular weight is 506 g/mol. The van der Waals surface area contributed by atoms with Crippen molar-refractivity contribution < 1.29 is 19.4 Å². The minimum Gasteiger partial charge on any atom is -0.507 e. The minimum atomic E-state index is -0.693. The third-order valence-electron chi connectivity index (χ3n) is 5.61. The fourth-order valence-electron chi connectivity index (χ4n) is 4.08. The minimum absolute atomic E-state index is 0.0832. The zero-order chi connectivity index (χ0) is 23.4. The van der Waals surface area contributed by atoms with Crippen LogP contribution >= 0.6 is 15.9 Å². The number of halogens is 1. The number of ether oxygens (including phenoxy) is 1. The van der Waals surface area contributed by atoms with E-state index in [1.54, 1.807) is 29.2 Å². The largest absolute Gasteiger partial charge is 0.507 e. The molecule has 6 heteroatoms. The van der Waals surface area contributed by atoms with Gasteiger partial charge in [-0.05, 0) is 48.7 Å². The first-order valence-corrected chi connectivity index (χ1v) is 11.6. The Morgan fingerprint density at radius 1 is 1.00 bits per heavy atom. The second-order valence-electron chi connectivity index (χ2n) is 7.74. The molecular weight excluding hydrogens is 482 g/mol. The van der Waals surface area contributed by atoms with E-state index in [1.165, 1.54) is 0 Å². The van der Waals surface area contributed by atoms with Crippen molar-refractivity contribution >= 4 is 33.4 Å². The van der Waals surface area contributed by atoms with Crippen LogP contribution in [-0.2, 0) is 16.0 Å². The molecule has 0 aromatic heterocycles. The molecule has 1 saturated heterocycles. The summed E-state index contributed by atoms with van der Waals surface area (Å²) < 4.78 is 6.37. The number of amides is 1. The number of hydrogen-bond donors (Lipinski definition) is 1. The molecule has 1 fully saturated rings. The average Bonchev–Trinajstić information content (AvgIpc) is 3.08. The van der Waals surface area contributed by atoms with Crippen LogP contribution in [0, 0.1) is 0 Å². The lowest BCUT2D eigenvalue weighted by Gasteiger charge is -2.25. The van der Waals surface area contributed by atoms with Gasteiger partial charge in [-0.15, -0.1) is 0 Å². The summed E-state index contributed by atoms with van der Waals surface area (Å²) in [5.74, 6) is -0.924. The molecule has 0 saturated carbocycles. The van der Waals surface area contributed by atoms with Crippen LogP contribution in [0.3, 0.4) is 0 Å². The van der Waals surface area contributed by atoms with Gasteiger partial charge in [-0.1, -0.05) is 70.5 Å². The van der Waals surface area contributed by atoms with Crippen molar-refractivity contribution in [3.8, 4) is 5.75 Å². The van der Waals surface area contributed by atoms with Crippen LogP contribution < -0.4 is 4.74 Å². The third kappa shape index (κ3) is 4.86. The van der Waals surface area contributed by atoms with Crippen molar-refractivity contribution in [3.63, 3.8) is 0 Å². The lowest BCUT2D eigenvalue weighted by Crippen LogP contribution is -2.31. The molecular formula is C27H24BrNO4. The van der Waals surface area contributed by atoms with Gasteiger partial charge in [0.05, 0.1) is 18.2 Å². The standard InChI is InChI=1S/C27H24BrNO4/c1-2-33-22-13-7-11-20(17-22)25(30)23-24(19-10-6-12-21(28)16-19)29(27(32)26(23)31)15-14-18-8-4-3-5-9-18/h3-13,16-17,24,30H,2,14-15H2,1H3/b25-23+. The van der Waals surface area contributed by atoms with E-state index in [-0.39, 0.29) is 11.3 Å². The highest BCUT2D eigenvalue weighted by Gasteiger charge is 2.45. The van der Waals surface area contributed by atoms with Gasteiger partial charge in [0.25, 0.3) is 11.7 Å². The maximum atomic E-state index is 13.2. The molecule has 1 amide bonds. The number of carbonyl (C=O) groups excluding carboxylic acids is 2. The molecule has 1 aliphatic rings. The van der Waals surface area contributed by atoms with E-state index in [2.05, 4.69) is 15.9 Å². The molecule has 168 valence electrons. The van der Waals surface area contributed by atoms with Crippen LogP contribution in [0.4, 0.5) is 0 Å². The predicted octanol–water partition coefficient (Wildman–Crippen LogP) is 5.51. The van der Waals surface area contributed by atoms with E-state index in [9.17, 15) is 14.7 Å². The first-order chi connectivity index (χ1) is 16.0. The summed E-state index contributed by atoms with van der Waals surface area (Å²) in [6, 6.07) is 23.5. The molecule has 0 radical (unpaired) electrons. The van der Waals surface area contributed by atoms with Crippen molar-refractivity contribution in [1.82, 2.24) is 4.90 Å². The first kappa shape index (κ1) is 22.8. The van der Waals surface area contributed by atoms with Crippen molar-refractivity contribution in [3.05, 3.63) is 106 Å². The summed E-state index contributed by atoms with van der Waals surface area (Å²) in [6.07, 6.45) is 0.595. The number of nitrogens with zero attached hydrogens (tertiary/aromatic N) is 1. The summed E-state index contributed by atoms with van der Waals surface area (Å²) >= 11 is 3.48. The molecule has 1 unspecified atom stereocenters. The zero-order valence-electron chi connectivity index (χ0n) is 18.2. The highest BCUT2D eigenvalue weighted by molar-refractivity contribution is 9.10. The normalized spacial score (nSPS) is 17.4. The van der Waals surface area contributed by atoms with Gasteiger partial charge in [0.1, 0.15) is 11.5 Å². The monoisotopic (exact) mass is 505 g/mol. The molecule has 5 nitrogen and oxygen atoms in total. The van der Waals surface area contributed by atoms with Crippen LogP contribution in [0.5, 0.6) is 5.75 Å². The van der Waals surface area contributed by atoms with Gasteiger partial charge < -0.3 is 14.7 Å². The Bertz CT molecular complexity index is 1210. The number of hydrogen-bond acceptors (Lipinski definition) is 4. The molecule has 3 aromatic rings. The topological polar surface area (TPSA) is 66.8 Å². The Morgan fingerprint density at radius 2 is 1.76 bits per heavy atom. The van der Waals surface area contributed by atoms with Crippen LogP contribution in [0.1, 0.15) is 29.7 Å². The summed E-state index contributed by atoms with van der Waals surface area (Å²) in [7, 11) is 0. The van der Waals surface area contributed by atoms with Crippen LogP contribution in [0.2, 0.25) is 0 Å². The number of aliphatic hydroxyl groups excluding tert-OH is 1. The van der Waals surface area contributed by atoms with Gasteiger partial charge in [0.2, 0.25) is 0 Å². The van der Waals surface area contributed by atoms with Crippen molar-refractivity contribution in [2.24, 2.45) is 0 Å². The highest BCUT2D eigenvalue weighted by atomic mass is 79.9. The van der Waals surface area contributed by atoms with E-state index < -0.39 is 17.7 Å². The number of rotatable bonds is 7. The lowest BCUT2D eigenvalue weighted by atomic mass is 9.95. The number of aliphatic hydroxyl groups is 1. The molecule has 1 atom stereocenters. The molecule has 0 spiro atoms. The molecule has 1 aliphatic heterocycles. The molecule has 0 bridgehead atoms. The Hall–Kier alpha value is -3.38. The van der Waals surface area contributed by atoms with Crippen LogP contribution in [0.15, 0.2) is 88.9 Å². The molecule has 4 rings (SSSR count). The van der Waals surface area contributed by atoms with Gasteiger partial charge in [-0.25, -0.2) is 0 Å². The summed E-state index contributed by atoms with van der Waals surface area (Å²) in [5.41, 5.74) is 2.33. The second kappa shape index (κ2) is 10.0. The Labute approximate surface area is 201 Å². The Balaban J connectivity index is 1.79. The van der Waals surface area contributed by atoms with Gasteiger partial charge in [0.15, 0.2) is 0 Å². The van der Waals surface area contributed by atoms with Gasteiger partial charge in [-0.2, -0.15) is 0 Å². The Morgan fingerprint density at radius 3 is 2.48 bits per heavy atom. The second-order valence-corrected chi connectivity index (χ2v) is 8.66. The fraction of sp³-hybridized carbons (Fsp3) is 0.185. The maximum Gasteiger partial charge on any atom is 0.295 e. The molecule has 1 N–H and O–H groups in total. The van der Waals surface area contributed by atoms with Crippen molar-refractivity contribution in [2.75, 3.05) is 13.2 Å². The number of benzene rings is 3. The fourth-order valence-corrected chi connectivity index (χ4v) is 4.50. The Kier molecular flexibility index (Phi) is 6.94. The highest BCUT2D eigenvalue weighted by Crippen LogP contribution is 2.40. The number of likely N-dealkylation sites (tertiary alicyclic amines) is 1. The lowest BCUT2D eigenvalue weighted by molar-refractivity contribution is -0.139. The van der Waals surface area contributed by atoms with E-state index in [4.69, 9.17) is 4.74 Å². The SMILES string of the molecule is CCOc1cccc(/C(O)=C2\C(=O)C(=O)N(CCc3ccccc3)C2c2cccc(Br)c2)c1. The van der Waals surface area contributed by atoms with E-state index >= 15 is 0 Å². The third-order valence-corrected chi connectivity index (χ3v) is 6.10. The van der Waals surface area contributed by atoms with Crippen molar-refractivity contribution in [1.29, 1.82) is 0 Å². The smallest absolute Gasteiger partial charge is 0.295 e. The van der Waals surface area contributed by atoms with Crippen LogP contribution in [0.25, 0.3) is 5.76 Å². The molecule has 33 heavy (non-hydrogen) atoms. The van der Waals surface area contributed by atoms with E-state index in [0.29, 0.717) is 30.9 Å². The maximum absolute atomic E-state index is 13.2. The molecule has 0 aliphatic carbocycles. The summed E-state index contributed by atoms with van der Waals surface area (Å²) in [6.45, 7) is 2.70. The number of Topliss-reactive ketones (excluding diaryl/α,β-unsaturated/α-hetero) is 1. The predicted molar refractivity (Wildman–Crippen MR) is 131 cm³/mol. The first-order valence-electron chi connectivity index (χ1n) is 10.8.